The van der Waals surface area contributed by atoms with E-state index in [0.717, 1.165) is 19.4 Å². The quantitative estimate of drug-likeness (QED) is 0.911. The Bertz CT molecular complexity index is 568. The highest BCUT2D eigenvalue weighted by molar-refractivity contribution is 5.41. The highest BCUT2D eigenvalue weighted by Crippen LogP contribution is 2.30. The zero-order valence-corrected chi connectivity index (χ0v) is 12.4. The van der Waals surface area contributed by atoms with Crippen LogP contribution in [0.1, 0.15) is 49.0 Å². The zero-order chi connectivity index (χ0) is 13.9. The van der Waals surface area contributed by atoms with Crippen LogP contribution < -0.4 is 5.32 Å². The summed E-state index contributed by atoms with van der Waals surface area (Å²) < 4.78 is 2.18. The maximum absolute atomic E-state index is 4.82. The number of rotatable bonds is 4. The Kier molecular flexibility index (Phi) is 3.77. The van der Waals surface area contributed by atoms with Gasteiger partial charge in [0.1, 0.15) is 5.82 Å². The predicted octanol–water partition coefficient (Wildman–Crippen LogP) is 3.94. The van der Waals surface area contributed by atoms with E-state index in [0.29, 0.717) is 6.04 Å². The van der Waals surface area contributed by atoms with E-state index < -0.39 is 0 Å². The summed E-state index contributed by atoms with van der Waals surface area (Å²) in [5, 5.41) is 8.29. The summed E-state index contributed by atoms with van der Waals surface area (Å²) in [5.74, 6) is 1.17. The Morgan fingerprint density at radius 1 is 1.30 bits per heavy atom. The van der Waals surface area contributed by atoms with Gasteiger partial charge in [-0.2, -0.15) is 5.10 Å². The molecular weight excluding hydrogens is 246 g/mol. The highest BCUT2D eigenvalue weighted by atomic mass is 15.4. The maximum atomic E-state index is 4.82. The summed E-state index contributed by atoms with van der Waals surface area (Å²) >= 11 is 0. The average molecular weight is 269 g/mol. The van der Waals surface area contributed by atoms with Crippen molar-refractivity contribution in [2.24, 2.45) is 0 Å². The van der Waals surface area contributed by atoms with E-state index in [9.17, 15) is 0 Å². The van der Waals surface area contributed by atoms with Crippen molar-refractivity contribution in [3.05, 3.63) is 47.2 Å². The van der Waals surface area contributed by atoms with E-state index in [2.05, 4.69) is 54.2 Å². The summed E-state index contributed by atoms with van der Waals surface area (Å²) in [6.07, 6.45) is 4.62. The van der Waals surface area contributed by atoms with Gasteiger partial charge < -0.3 is 5.32 Å². The zero-order valence-electron chi connectivity index (χ0n) is 12.4. The fraction of sp³-hybridized carbons (Fsp3) is 0.471. The van der Waals surface area contributed by atoms with Crippen molar-refractivity contribution in [2.45, 2.75) is 45.6 Å². The monoisotopic (exact) mass is 269 g/mol. The van der Waals surface area contributed by atoms with Gasteiger partial charge in [-0.15, -0.1) is 0 Å². The predicted molar refractivity (Wildman–Crippen MR) is 83.3 cm³/mol. The van der Waals surface area contributed by atoms with Crippen molar-refractivity contribution in [3.8, 4) is 0 Å². The van der Waals surface area contributed by atoms with Crippen molar-refractivity contribution in [1.82, 2.24) is 9.78 Å². The summed E-state index contributed by atoms with van der Waals surface area (Å²) in [5.41, 5.74) is 3.89. The molecule has 20 heavy (non-hydrogen) atoms. The van der Waals surface area contributed by atoms with Crippen molar-refractivity contribution in [1.29, 1.82) is 0 Å². The summed E-state index contributed by atoms with van der Waals surface area (Å²) in [6.45, 7) is 5.38. The number of aryl methyl sites for hydroxylation is 2. The van der Waals surface area contributed by atoms with Crippen molar-refractivity contribution >= 4 is 5.82 Å². The lowest BCUT2D eigenvalue weighted by molar-refractivity contribution is 0.477. The van der Waals surface area contributed by atoms with E-state index in [-0.39, 0.29) is 0 Å². The molecule has 1 unspecified atom stereocenters. The molecule has 0 radical (unpaired) electrons. The van der Waals surface area contributed by atoms with Gasteiger partial charge in [-0.3, -0.25) is 0 Å². The standard InChI is InChI=1S/C17H23N3/c1-3-4-5-15-12-17-18-11-10-16(20(17)19-15)14-8-6-13(2)7-9-14/h6-9,12,16,18H,3-5,10-11H2,1-2H3. The summed E-state index contributed by atoms with van der Waals surface area (Å²) in [7, 11) is 0. The number of hydrogen-bond acceptors (Lipinski definition) is 2. The first-order chi connectivity index (χ1) is 9.78. The first-order valence-electron chi connectivity index (χ1n) is 7.67. The van der Waals surface area contributed by atoms with Crippen molar-refractivity contribution in [2.75, 3.05) is 11.9 Å². The Morgan fingerprint density at radius 2 is 2.10 bits per heavy atom. The Hall–Kier alpha value is -1.77. The van der Waals surface area contributed by atoms with E-state index >= 15 is 0 Å². The molecule has 0 saturated heterocycles. The van der Waals surface area contributed by atoms with Gasteiger partial charge in [0.25, 0.3) is 0 Å². The van der Waals surface area contributed by atoms with Gasteiger partial charge in [-0.05, 0) is 31.7 Å². The van der Waals surface area contributed by atoms with Crippen LogP contribution in [0.25, 0.3) is 0 Å². The second kappa shape index (κ2) is 5.70. The van der Waals surface area contributed by atoms with Gasteiger partial charge in [0.05, 0.1) is 11.7 Å². The van der Waals surface area contributed by atoms with Crippen molar-refractivity contribution in [3.63, 3.8) is 0 Å². The number of fused-ring (bicyclic) bond motifs is 1. The Balaban J connectivity index is 1.89. The van der Waals surface area contributed by atoms with E-state index in [1.807, 2.05) is 0 Å². The van der Waals surface area contributed by atoms with Crippen LogP contribution >= 0.6 is 0 Å². The normalized spacial score (nSPS) is 17.6. The third-order valence-corrected chi connectivity index (χ3v) is 4.05. The fourth-order valence-corrected chi connectivity index (χ4v) is 2.85. The van der Waals surface area contributed by atoms with Gasteiger partial charge in [0, 0.05) is 12.6 Å². The lowest BCUT2D eigenvalue weighted by Crippen LogP contribution is -2.24. The molecule has 0 saturated carbocycles. The minimum absolute atomic E-state index is 0.377. The molecule has 1 aromatic heterocycles. The molecule has 0 spiro atoms. The molecule has 0 bridgehead atoms. The van der Waals surface area contributed by atoms with Crippen molar-refractivity contribution < 1.29 is 0 Å². The second-order valence-electron chi connectivity index (χ2n) is 5.71. The Morgan fingerprint density at radius 3 is 2.85 bits per heavy atom. The minimum atomic E-state index is 0.377. The number of benzene rings is 1. The summed E-state index contributed by atoms with van der Waals surface area (Å²) in [6, 6.07) is 11.5. The average Bonchev–Trinajstić information content (AvgIpc) is 2.89. The Labute approximate surface area is 121 Å². The number of hydrogen-bond donors (Lipinski definition) is 1. The highest BCUT2D eigenvalue weighted by Gasteiger charge is 2.22. The number of nitrogens with one attached hydrogen (secondary N) is 1. The van der Waals surface area contributed by atoms with Crippen LogP contribution in [-0.4, -0.2) is 16.3 Å². The first-order valence-corrected chi connectivity index (χ1v) is 7.67. The molecule has 1 aromatic carbocycles. The number of anilines is 1. The number of unbranched alkanes of at least 4 members (excludes halogenated alkanes) is 1. The van der Waals surface area contributed by atoms with Crippen LogP contribution in [-0.2, 0) is 6.42 Å². The largest absolute Gasteiger partial charge is 0.370 e. The molecule has 0 aliphatic carbocycles. The maximum Gasteiger partial charge on any atom is 0.125 e. The molecule has 1 aliphatic rings. The lowest BCUT2D eigenvalue weighted by Gasteiger charge is -2.26. The topological polar surface area (TPSA) is 29.9 Å². The molecule has 3 nitrogen and oxygen atoms in total. The third kappa shape index (κ3) is 2.58. The van der Waals surface area contributed by atoms with Gasteiger partial charge in [0.2, 0.25) is 0 Å². The smallest absolute Gasteiger partial charge is 0.125 e. The summed E-state index contributed by atoms with van der Waals surface area (Å²) in [4.78, 5) is 0. The van der Waals surface area contributed by atoms with Crippen LogP contribution in [0.4, 0.5) is 5.82 Å². The van der Waals surface area contributed by atoms with Gasteiger partial charge in [-0.25, -0.2) is 4.68 Å². The third-order valence-electron chi connectivity index (χ3n) is 4.05. The van der Waals surface area contributed by atoms with Crippen LogP contribution in [0.15, 0.2) is 30.3 Å². The van der Waals surface area contributed by atoms with E-state index in [1.165, 1.54) is 35.5 Å². The van der Waals surface area contributed by atoms with Crippen LogP contribution in [0, 0.1) is 6.92 Å². The molecule has 1 atom stereocenters. The van der Waals surface area contributed by atoms with Gasteiger partial charge in [0.15, 0.2) is 0 Å². The fourth-order valence-electron chi connectivity index (χ4n) is 2.85. The molecule has 0 amide bonds. The SMILES string of the molecule is CCCCc1cc2n(n1)C(c1ccc(C)cc1)CCN2. The molecule has 2 heterocycles. The first kappa shape index (κ1) is 13.2. The molecule has 3 heteroatoms. The van der Waals surface area contributed by atoms with E-state index in [4.69, 9.17) is 5.10 Å². The molecule has 1 aliphatic heterocycles. The molecule has 2 aromatic rings. The molecular formula is C17H23N3. The van der Waals surface area contributed by atoms with Gasteiger partial charge >= 0.3 is 0 Å². The molecule has 0 fully saturated rings. The van der Waals surface area contributed by atoms with Gasteiger partial charge in [-0.1, -0.05) is 43.2 Å². The minimum Gasteiger partial charge on any atom is -0.370 e. The van der Waals surface area contributed by atoms with Crippen LogP contribution in [0.5, 0.6) is 0 Å². The molecule has 1 N–H and O–H groups in total. The molecule has 3 rings (SSSR count). The van der Waals surface area contributed by atoms with Crippen LogP contribution in [0.3, 0.4) is 0 Å². The number of nitrogens with zero attached hydrogens (tertiary/aromatic N) is 2. The van der Waals surface area contributed by atoms with Crippen LogP contribution in [0.2, 0.25) is 0 Å². The lowest BCUT2D eigenvalue weighted by atomic mass is 10.0. The molecule has 106 valence electrons. The number of aromatic nitrogens is 2. The second-order valence-corrected chi connectivity index (χ2v) is 5.71. The van der Waals surface area contributed by atoms with E-state index in [1.54, 1.807) is 0 Å².